The van der Waals surface area contributed by atoms with E-state index in [-0.39, 0.29) is 11.6 Å². The lowest BCUT2D eigenvalue weighted by Crippen LogP contribution is -2.13. The second-order valence-corrected chi connectivity index (χ2v) is 5.98. The number of hydrogen-bond acceptors (Lipinski definition) is 5. The van der Waals surface area contributed by atoms with Crippen molar-refractivity contribution >= 4 is 39.5 Å². The standard InChI is InChI=1S/C16H13N3O3S/c20-15(6-4-13-2-1-9-23-13)18-16-14-5-3-12(19(21)22)10-11(14)7-8-17-16/h1-3,5,7-10H,4,6H2,(H,17,18,20). The molecule has 0 aliphatic carbocycles. The van der Waals surface area contributed by atoms with Gasteiger partial charge >= 0.3 is 0 Å². The molecule has 0 fully saturated rings. The molecule has 6 nitrogen and oxygen atoms in total. The molecular weight excluding hydrogens is 314 g/mol. The van der Waals surface area contributed by atoms with Crippen molar-refractivity contribution in [2.24, 2.45) is 0 Å². The summed E-state index contributed by atoms with van der Waals surface area (Å²) in [6, 6.07) is 10.1. The molecule has 2 aromatic heterocycles. The molecule has 0 bridgehead atoms. The smallest absolute Gasteiger partial charge is 0.270 e. The Morgan fingerprint density at radius 2 is 2.17 bits per heavy atom. The Bertz CT molecular complexity index is 862. The average molecular weight is 327 g/mol. The number of benzene rings is 1. The van der Waals surface area contributed by atoms with Crippen LogP contribution in [0, 0.1) is 10.1 Å². The maximum Gasteiger partial charge on any atom is 0.270 e. The lowest BCUT2D eigenvalue weighted by molar-refractivity contribution is -0.384. The molecule has 1 aromatic carbocycles. The number of carbonyl (C=O) groups excluding carboxylic acids is 1. The van der Waals surface area contributed by atoms with Gasteiger partial charge in [-0.2, -0.15) is 0 Å². The molecule has 0 aliphatic rings. The lowest BCUT2D eigenvalue weighted by atomic mass is 10.1. The third-order valence-corrected chi connectivity index (χ3v) is 4.33. The predicted molar refractivity (Wildman–Crippen MR) is 89.7 cm³/mol. The number of rotatable bonds is 5. The Hall–Kier alpha value is -2.80. The first-order valence-corrected chi connectivity index (χ1v) is 7.87. The van der Waals surface area contributed by atoms with Gasteiger partial charge in [-0.3, -0.25) is 14.9 Å². The molecule has 0 atom stereocenters. The molecule has 0 radical (unpaired) electrons. The van der Waals surface area contributed by atoms with Gasteiger partial charge in [0.1, 0.15) is 5.82 Å². The van der Waals surface area contributed by atoms with Crippen LogP contribution >= 0.6 is 11.3 Å². The third-order valence-electron chi connectivity index (χ3n) is 3.40. The quantitative estimate of drug-likeness (QED) is 0.571. The molecule has 2 heterocycles. The van der Waals surface area contributed by atoms with Crippen molar-refractivity contribution in [1.29, 1.82) is 0 Å². The Morgan fingerprint density at radius 3 is 2.91 bits per heavy atom. The normalized spacial score (nSPS) is 10.6. The van der Waals surface area contributed by atoms with Gasteiger partial charge in [0.2, 0.25) is 5.91 Å². The van der Waals surface area contributed by atoms with E-state index in [1.807, 2.05) is 17.5 Å². The lowest BCUT2D eigenvalue weighted by Gasteiger charge is -2.07. The van der Waals surface area contributed by atoms with Crippen LogP contribution in [0.15, 0.2) is 48.0 Å². The van der Waals surface area contributed by atoms with Gasteiger partial charge in [-0.05, 0) is 35.4 Å². The molecule has 7 heteroatoms. The summed E-state index contributed by atoms with van der Waals surface area (Å²) >= 11 is 1.62. The van der Waals surface area contributed by atoms with Crippen LogP contribution in [0.4, 0.5) is 11.5 Å². The summed E-state index contributed by atoms with van der Waals surface area (Å²) in [5.74, 6) is 0.297. The number of nitrogens with zero attached hydrogens (tertiary/aromatic N) is 2. The minimum Gasteiger partial charge on any atom is -0.310 e. The highest BCUT2D eigenvalue weighted by molar-refractivity contribution is 7.09. The Balaban J connectivity index is 1.77. The largest absolute Gasteiger partial charge is 0.310 e. The van der Waals surface area contributed by atoms with E-state index in [4.69, 9.17) is 0 Å². The fraction of sp³-hybridized carbons (Fsp3) is 0.125. The van der Waals surface area contributed by atoms with Crippen LogP contribution in [0.3, 0.4) is 0 Å². The monoisotopic (exact) mass is 327 g/mol. The molecule has 0 unspecified atom stereocenters. The second-order valence-electron chi connectivity index (χ2n) is 4.95. The molecule has 116 valence electrons. The van der Waals surface area contributed by atoms with Crippen molar-refractivity contribution in [3.05, 3.63) is 63.0 Å². The van der Waals surface area contributed by atoms with Crippen LogP contribution in [0.25, 0.3) is 10.8 Å². The summed E-state index contributed by atoms with van der Waals surface area (Å²) < 4.78 is 0. The van der Waals surface area contributed by atoms with Crippen LogP contribution in [-0.2, 0) is 11.2 Å². The number of thiophene rings is 1. The van der Waals surface area contributed by atoms with Gasteiger partial charge in [0.25, 0.3) is 5.69 Å². The molecule has 0 aliphatic heterocycles. The van der Waals surface area contributed by atoms with Crippen molar-refractivity contribution in [3.63, 3.8) is 0 Å². The highest BCUT2D eigenvalue weighted by atomic mass is 32.1. The highest BCUT2D eigenvalue weighted by Gasteiger charge is 2.11. The summed E-state index contributed by atoms with van der Waals surface area (Å²) in [7, 11) is 0. The Kier molecular flexibility index (Phi) is 4.29. The van der Waals surface area contributed by atoms with Gasteiger partial charge in [-0.1, -0.05) is 6.07 Å². The molecule has 3 rings (SSSR count). The van der Waals surface area contributed by atoms with Gasteiger partial charge in [0.15, 0.2) is 0 Å². The van der Waals surface area contributed by atoms with E-state index in [1.165, 1.54) is 18.3 Å². The molecule has 0 saturated carbocycles. The number of nitro groups is 1. The summed E-state index contributed by atoms with van der Waals surface area (Å²) in [5, 5.41) is 16.9. The van der Waals surface area contributed by atoms with Gasteiger partial charge in [0.05, 0.1) is 4.92 Å². The molecule has 0 spiro atoms. The van der Waals surface area contributed by atoms with Gasteiger partial charge < -0.3 is 5.32 Å². The number of aryl methyl sites for hydroxylation is 1. The first-order valence-electron chi connectivity index (χ1n) is 6.99. The number of amides is 1. The molecular formula is C16H13N3O3S. The van der Waals surface area contributed by atoms with Crippen molar-refractivity contribution in [3.8, 4) is 0 Å². The summed E-state index contributed by atoms with van der Waals surface area (Å²) in [4.78, 5) is 27.8. The number of aromatic nitrogens is 1. The van der Waals surface area contributed by atoms with Crippen LogP contribution in [-0.4, -0.2) is 15.8 Å². The van der Waals surface area contributed by atoms with E-state index in [0.29, 0.717) is 29.4 Å². The van der Waals surface area contributed by atoms with E-state index in [2.05, 4.69) is 10.3 Å². The minimum absolute atomic E-state index is 0.0127. The number of non-ortho nitro benzene ring substituents is 1. The minimum atomic E-state index is -0.445. The summed E-state index contributed by atoms with van der Waals surface area (Å²) in [5.41, 5.74) is 0.0127. The van der Waals surface area contributed by atoms with Crippen molar-refractivity contribution in [1.82, 2.24) is 4.98 Å². The van der Waals surface area contributed by atoms with Crippen LogP contribution in [0.2, 0.25) is 0 Å². The Labute approximate surface area is 135 Å². The fourth-order valence-electron chi connectivity index (χ4n) is 2.26. The first-order chi connectivity index (χ1) is 11.1. The fourth-order valence-corrected chi connectivity index (χ4v) is 2.97. The van der Waals surface area contributed by atoms with E-state index in [1.54, 1.807) is 23.5 Å². The first kappa shape index (κ1) is 15.1. The second kappa shape index (κ2) is 6.53. The maximum absolute atomic E-state index is 12.1. The average Bonchev–Trinajstić information content (AvgIpc) is 3.06. The Morgan fingerprint density at radius 1 is 1.30 bits per heavy atom. The van der Waals surface area contributed by atoms with Crippen molar-refractivity contribution in [2.75, 3.05) is 5.32 Å². The van der Waals surface area contributed by atoms with E-state index < -0.39 is 4.92 Å². The predicted octanol–water partition coefficient (Wildman–Crippen LogP) is 3.78. The molecule has 3 aromatic rings. The number of anilines is 1. The number of nitrogens with one attached hydrogen (secondary N) is 1. The number of pyridine rings is 1. The summed E-state index contributed by atoms with van der Waals surface area (Å²) in [6.07, 6.45) is 2.58. The zero-order chi connectivity index (χ0) is 16.2. The number of carbonyl (C=O) groups is 1. The molecule has 1 amide bonds. The van der Waals surface area contributed by atoms with Gasteiger partial charge in [-0.15, -0.1) is 11.3 Å². The van der Waals surface area contributed by atoms with E-state index in [0.717, 1.165) is 4.88 Å². The van der Waals surface area contributed by atoms with Crippen molar-refractivity contribution in [2.45, 2.75) is 12.8 Å². The van der Waals surface area contributed by atoms with Gasteiger partial charge in [-0.25, -0.2) is 4.98 Å². The SMILES string of the molecule is O=C(CCc1cccs1)Nc1nccc2cc([N+](=O)[O-])ccc12. The molecule has 23 heavy (non-hydrogen) atoms. The third kappa shape index (κ3) is 3.51. The van der Waals surface area contributed by atoms with Crippen molar-refractivity contribution < 1.29 is 9.72 Å². The van der Waals surface area contributed by atoms with E-state index >= 15 is 0 Å². The summed E-state index contributed by atoms with van der Waals surface area (Å²) in [6.45, 7) is 0. The zero-order valence-corrected chi connectivity index (χ0v) is 12.9. The number of nitro benzene ring substituents is 1. The van der Waals surface area contributed by atoms with Crippen LogP contribution in [0.5, 0.6) is 0 Å². The van der Waals surface area contributed by atoms with Gasteiger partial charge in [0, 0.05) is 35.0 Å². The highest BCUT2D eigenvalue weighted by Crippen LogP contribution is 2.25. The number of fused-ring (bicyclic) bond motifs is 1. The molecule has 0 saturated heterocycles. The maximum atomic E-state index is 12.1. The van der Waals surface area contributed by atoms with E-state index in [9.17, 15) is 14.9 Å². The van der Waals surface area contributed by atoms with Crippen LogP contribution in [0.1, 0.15) is 11.3 Å². The molecule has 1 N–H and O–H groups in total. The zero-order valence-electron chi connectivity index (χ0n) is 12.1. The topological polar surface area (TPSA) is 85.1 Å². The number of hydrogen-bond donors (Lipinski definition) is 1. The van der Waals surface area contributed by atoms with Crippen LogP contribution < -0.4 is 5.32 Å².